The van der Waals surface area contributed by atoms with Crippen molar-refractivity contribution >= 4 is 46.1 Å². The maximum absolute atomic E-state index is 13.5. The summed E-state index contributed by atoms with van der Waals surface area (Å²) in [5.74, 6) is -1.44. The minimum Gasteiger partial charge on any atom is -0.462 e. The van der Waals surface area contributed by atoms with Crippen LogP contribution >= 0.6 is 11.6 Å². The van der Waals surface area contributed by atoms with Crippen molar-refractivity contribution in [2.45, 2.75) is 6.92 Å². The molecule has 9 heteroatoms. The van der Waals surface area contributed by atoms with Gasteiger partial charge in [-0.25, -0.2) is 19.4 Å². The molecule has 5 rings (SSSR count). The fraction of sp³-hybridized carbons (Fsp3) is 0.125. The van der Waals surface area contributed by atoms with Crippen LogP contribution in [0.2, 0.25) is 5.02 Å². The van der Waals surface area contributed by atoms with E-state index in [2.05, 4.69) is 10.1 Å². The number of nitrogens with zero attached hydrogens (tertiary/aromatic N) is 4. The third kappa shape index (κ3) is 3.27. The molecule has 0 saturated heterocycles. The van der Waals surface area contributed by atoms with Gasteiger partial charge in [-0.2, -0.15) is 5.10 Å². The highest BCUT2D eigenvalue weighted by Gasteiger charge is 2.40. The van der Waals surface area contributed by atoms with E-state index in [1.807, 2.05) is 0 Å². The van der Waals surface area contributed by atoms with Crippen molar-refractivity contribution in [1.82, 2.24) is 14.8 Å². The van der Waals surface area contributed by atoms with Crippen LogP contribution < -0.4 is 4.90 Å². The van der Waals surface area contributed by atoms with Crippen LogP contribution in [0.3, 0.4) is 0 Å². The Hall–Kier alpha value is -4.04. The Labute approximate surface area is 193 Å². The Balaban J connectivity index is 1.62. The lowest BCUT2D eigenvalue weighted by atomic mass is 10.0. The van der Waals surface area contributed by atoms with Gasteiger partial charge in [0, 0.05) is 23.8 Å². The molecule has 0 spiro atoms. The Morgan fingerprint density at radius 3 is 2.39 bits per heavy atom. The van der Waals surface area contributed by atoms with Gasteiger partial charge in [0.05, 0.1) is 34.4 Å². The van der Waals surface area contributed by atoms with Crippen LogP contribution in [-0.2, 0) is 11.8 Å². The normalized spacial score (nSPS) is 13.0. The number of aryl methyl sites for hydroxylation is 1. The number of imide groups is 1. The number of halogens is 1. The van der Waals surface area contributed by atoms with Crippen LogP contribution in [0.15, 0.2) is 54.7 Å². The topological polar surface area (TPSA) is 94.4 Å². The second-order valence-corrected chi connectivity index (χ2v) is 7.87. The second-order valence-electron chi connectivity index (χ2n) is 7.44. The SMILES string of the molecule is CCOC(=O)c1ccc(N2C(=O)c3cnc4c(c(-c5ccc(Cl)cc5)nn4C)c3C2=O)cc1. The smallest absolute Gasteiger partial charge is 0.338 e. The number of ether oxygens (including phenoxy) is 1. The molecule has 2 amide bonds. The summed E-state index contributed by atoms with van der Waals surface area (Å²) in [6.45, 7) is 1.97. The molecule has 2 aromatic carbocycles. The summed E-state index contributed by atoms with van der Waals surface area (Å²) >= 11 is 6.02. The summed E-state index contributed by atoms with van der Waals surface area (Å²) in [5, 5.41) is 5.63. The van der Waals surface area contributed by atoms with Crippen molar-refractivity contribution < 1.29 is 19.1 Å². The molecule has 0 saturated carbocycles. The summed E-state index contributed by atoms with van der Waals surface area (Å²) in [6, 6.07) is 13.2. The first-order valence-electron chi connectivity index (χ1n) is 10.2. The summed E-state index contributed by atoms with van der Waals surface area (Å²) in [5.41, 5.74) is 2.90. The first-order chi connectivity index (χ1) is 15.9. The van der Waals surface area contributed by atoms with E-state index >= 15 is 0 Å². The van der Waals surface area contributed by atoms with Gasteiger partial charge in [0.1, 0.15) is 5.69 Å². The molecule has 164 valence electrons. The fourth-order valence-corrected chi connectivity index (χ4v) is 4.06. The zero-order valence-electron chi connectivity index (χ0n) is 17.7. The van der Waals surface area contributed by atoms with Crippen molar-refractivity contribution in [1.29, 1.82) is 0 Å². The zero-order chi connectivity index (χ0) is 23.3. The van der Waals surface area contributed by atoms with Crippen LogP contribution in [0.5, 0.6) is 0 Å². The van der Waals surface area contributed by atoms with Crippen molar-refractivity contribution in [3.8, 4) is 11.3 Å². The summed E-state index contributed by atoms with van der Waals surface area (Å²) < 4.78 is 6.56. The average molecular weight is 461 g/mol. The van der Waals surface area contributed by atoms with Crippen molar-refractivity contribution in [3.05, 3.63) is 76.4 Å². The molecule has 4 aromatic rings. The summed E-state index contributed by atoms with van der Waals surface area (Å²) in [6.07, 6.45) is 1.40. The lowest BCUT2D eigenvalue weighted by molar-refractivity contribution is 0.0526. The van der Waals surface area contributed by atoms with Crippen LogP contribution in [-0.4, -0.2) is 39.2 Å². The number of aromatic nitrogens is 3. The number of hydrogen-bond donors (Lipinski definition) is 0. The molecule has 0 radical (unpaired) electrons. The molecule has 1 aliphatic rings. The minimum atomic E-state index is -0.487. The molecule has 0 atom stereocenters. The molecular formula is C24H17ClN4O4. The summed E-state index contributed by atoms with van der Waals surface area (Å²) in [7, 11) is 1.73. The lowest BCUT2D eigenvalue weighted by Gasteiger charge is -2.14. The van der Waals surface area contributed by atoms with Gasteiger partial charge in [-0.1, -0.05) is 23.7 Å². The molecule has 0 bridgehead atoms. The number of anilines is 1. The molecule has 1 aliphatic heterocycles. The van der Waals surface area contributed by atoms with E-state index in [0.717, 1.165) is 10.5 Å². The maximum Gasteiger partial charge on any atom is 0.338 e. The second kappa shape index (κ2) is 7.83. The molecule has 8 nitrogen and oxygen atoms in total. The summed E-state index contributed by atoms with van der Waals surface area (Å²) in [4.78, 5) is 44.1. The van der Waals surface area contributed by atoms with Gasteiger partial charge in [-0.15, -0.1) is 0 Å². The van der Waals surface area contributed by atoms with Gasteiger partial charge in [-0.3, -0.25) is 9.59 Å². The standard InChI is InChI=1S/C24H17ClN4O4/c1-3-33-24(32)14-6-10-16(11-7-14)29-22(30)17-12-26-21-19(18(17)23(29)31)20(27-28(21)2)13-4-8-15(25)9-5-13/h4-12H,3H2,1-2H3. The highest BCUT2D eigenvalue weighted by molar-refractivity contribution is 6.38. The van der Waals surface area contributed by atoms with E-state index in [4.69, 9.17) is 16.3 Å². The predicted molar refractivity (Wildman–Crippen MR) is 122 cm³/mol. The van der Waals surface area contributed by atoms with E-state index in [0.29, 0.717) is 33.0 Å². The Morgan fingerprint density at radius 1 is 1.03 bits per heavy atom. The highest BCUT2D eigenvalue weighted by atomic mass is 35.5. The van der Waals surface area contributed by atoms with Crippen LogP contribution in [0, 0.1) is 0 Å². The van der Waals surface area contributed by atoms with E-state index < -0.39 is 17.8 Å². The number of rotatable bonds is 4. The first kappa shape index (κ1) is 20.8. The third-order valence-corrected chi connectivity index (χ3v) is 5.71. The Kier molecular flexibility index (Phi) is 4.94. The van der Waals surface area contributed by atoms with Crippen molar-refractivity contribution in [3.63, 3.8) is 0 Å². The van der Waals surface area contributed by atoms with Gasteiger partial charge in [0.2, 0.25) is 0 Å². The third-order valence-electron chi connectivity index (χ3n) is 5.46. The molecule has 2 aromatic heterocycles. The number of carbonyl (C=O) groups is 3. The van der Waals surface area contributed by atoms with E-state index in [1.54, 1.807) is 55.1 Å². The minimum absolute atomic E-state index is 0.199. The van der Waals surface area contributed by atoms with Crippen molar-refractivity contribution in [2.75, 3.05) is 11.5 Å². The first-order valence-corrected chi connectivity index (χ1v) is 10.6. The number of pyridine rings is 1. The lowest BCUT2D eigenvalue weighted by Crippen LogP contribution is -2.29. The van der Waals surface area contributed by atoms with Crippen LogP contribution in [0.1, 0.15) is 38.0 Å². The fourth-order valence-electron chi connectivity index (χ4n) is 3.93. The molecule has 33 heavy (non-hydrogen) atoms. The van der Waals surface area contributed by atoms with E-state index in [1.165, 1.54) is 18.3 Å². The van der Waals surface area contributed by atoms with Gasteiger partial charge in [-0.05, 0) is 43.3 Å². The molecule has 0 fully saturated rings. The van der Waals surface area contributed by atoms with Gasteiger partial charge in [0.15, 0.2) is 5.65 Å². The molecule has 0 N–H and O–H groups in total. The Morgan fingerprint density at radius 2 is 1.73 bits per heavy atom. The van der Waals surface area contributed by atoms with Gasteiger partial charge in [0.25, 0.3) is 11.8 Å². The molecule has 0 aliphatic carbocycles. The van der Waals surface area contributed by atoms with Gasteiger partial charge < -0.3 is 4.74 Å². The molecule has 0 unspecified atom stereocenters. The number of benzene rings is 2. The zero-order valence-corrected chi connectivity index (χ0v) is 18.5. The van der Waals surface area contributed by atoms with Gasteiger partial charge >= 0.3 is 5.97 Å². The van der Waals surface area contributed by atoms with E-state index in [9.17, 15) is 14.4 Å². The van der Waals surface area contributed by atoms with Crippen LogP contribution in [0.25, 0.3) is 22.3 Å². The van der Waals surface area contributed by atoms with E-state index in [-0.39, 0.29) is 17.7 Å². The largest absolute Gasteiger partial charge is 0.462 e. The molecular weight excluding hydrogens is 444 g/mol. The molecule has 3 heterocycles. The quantitative estimate of drug-likeness (QED) is 0.333. The van der Waals surface area contributed by atoms with Crippen LogP contribution in [0.4, 0.5) is 5.69 Å². The Bertz CT molecular complexity index is 1440. The number of esters is 1. The number of amides is 2. The highest BCUT2D eigenvalue weighted by Crippen LogP contribution is 2.37. The van der Waals surface area contributed by atoms with Crippen molar-refractivity contribution in [2.24, 2.45) is 7.05 Å². The maximum atomic E-state index is 13.5. The monoisotopic (exact) mass is 460 g/mol. The average Bonchev–Trinajstić information content (AvgIpc) is 3.28. The predicted octanol–water partition coefficient (Wildman–Crippen LogP) is 4.27. The number of hydrogen-bond acceptors (Lipinski definition) is 6. The number of carbonyl (C=O) groups excluding carboxylic acids is 3. The number of fused-ring (bicyclic) bond motifs is 3.